The number of benzene rings is 2. The minimum Gasteiger partial charge on any atom is -0.308 e. The third kappa shape index (κ3) is 3.72. The maximum absolute atomic E-state index is 13.1. The van der Waals surface area contributed by atoms with Crippen LogP contribution in [0.1, 0.15) is 32.7 Å². The average Bonchev–Trinajstić information content (AvgIpc) is 2.82. The molecule has 0 bridgehead atoms. The number of hydrogen-bond donors (Lipinski definition) is 0. The molecular weight excluding hydrogens is 346 g/mol. The molecule has 1 aliphatic carbocycles. The minimum atomic E-state index is -1.29. The molecule has 4 heteroatoms. The van der Waals surface area contributed by atoms with Gasteiger partial charge in [0.05, 0.1) is 0 Å². The Morgan fingerprint density at radius 3 is 1.96 bits per heavy atom. The second-order valence-corrected chi connectivity index (χ2v) is 6.63. The SMILES string of the molecule is CN(C)CCC#CC1(Cc2ccccc2)C(=O)c2ccccc2C1=O.Cl. The predicted molar refractivity (Wildman–Crippen MR) is 106 cm³/mol. The maximum atomic E-state index is 13.1. The van der Waals surface area contributed by atoms with Gasteiger partial charge in [0, 0.05) is 30.5 Å². The second kappa shape index (κ2) is 8.31. The second-order valence-electron chi connectivity index (χ2n) is 6.63. The number of carbonyl (C=O) groups is 2. The summed E-state index contributed by atoms with van der Waals surface area (Å²) in [6, 6.07) is 16.7. The molecule has 3 rings (SSSR count). The molecule has 2 aromatic carbocycles. The summed E-state index contributed by atoms with van der Waals surface area (Å²) in [6.45, 7) is 0.795. The molecule has 0 heterocycles. The van der Waals surface area contributed by atoms with Gasteiger partial charge in [0.2, 0.25) is 0 Å². The fourth-order valence-electron chi connectivity index (χ4n) is 3.16. The molecule has 0 radical (unpaired) electrons. The molecule has 0 fully saturated rings. The molecule has 2 aromatic rings. The van der Waals surface area contributed by atoms with Crippen LogP contribution >= 0.6 is 12.4 Å². The Morgan fingerprint density at radius 1 is 0.885 bits per heavy atom. The van der Waals surface area contributed by atoms with Crippen molar-refractivity contribution in [3.63, 3.8) is 0 Å². The van der Waals surface area contributed by atoms with Gasteiger partial charge in [-0.05, 0) is 19.7 Å². The largest absolute Gasteiger partial charge is 0.308 e. The quantitative estimate of drug-likeness (QED) is 0.611. The van der Waals surface area contributed by atoms with Gasteiger partial charge in [0.25, 0.3) is 0 Å². The molecular formula is C22H22ClNO2. The summed E-state index contributed by atoms with van der Waals surface area (Å²) in [7, 11) is 3.95. The number of rotatable bonds is 4. The summed E-state index contributed by atoms with van der Waals surface area (Å²) in [6.07, 6.45) is 0.940. The Hall–Kier alpha value is -2.41. The minimum absolute atomic E-state index is 0. The van der Waals surface area contributed by atoms with E-state index in [-0.39, 0.29) is 24.0 Å². The molecule has 0 saturated heterocycles. The number of hydrogen-bond acceptors (Lipinski definition) is 3. The molecule has 134 valence electrons. The van der Waals surface area contributed by atoms with E-state index in [1.165, 1.54) is 0 Å². The average molecular weight is 368 g/mol. The number of halogens is 1. The van der Waals surface area contributed by atoms with Crippen LogP contribution in [-0.2, 0) is 6.42 Å². The summed E-state index contributed by atoms with van der Waals surface area (Å²) in [5.41, 5.74) is 0.631. The van der Waals surface area contributed by atoms with E-state index in [4.69, 9.17) is 0 Å². The van der Waals surface area contributed by atoms with Crippen molar-refractivity contribution >= 4 is 24.0 Å². The zero-order valence-corrected chi connectivity index (χ0v) is 15.8. The highest BCUT2D eigenvalue weighted by Gasteiger charge is 2.51. The van der Waals surface area contributed by atoms with Crippen LogP contribution in [0.25, 0.3) is 0 Å². The molecule has 0 amide bonds. The van der Waals surface area contributed by atoms with Gasteiger partial charge in [0.15, 0.2) is 17.0 Å². The first-order chi connectivity index (χ1) is 12.0. The van der Waals surface area contributed by atoms with Crippen LogP contribution in [0, 0.1) is 17.3 Å². The van der Waals surface area contributed by atoms with Gasteiger partial charge in [-0.15, -0.1) is 18.3 Å². The summed E-state index contributed by atoms with van der Waals surface area (Å²) in [5, 5.41) is 0. The van der Waals surface area contributed by atoms with Gasteiger partial charge < -0.3 is 4.90 Å². The first-order valence-electron chi connectivity index (χ1n) is 8.42. The van der Waals surface area contributed by atoms with Gasteiger partial charge in [0.1, 0.15) is 0 Å². The van der Waals surface area contributed by atoms with Crippen molar-refractivity contribution in [3.8, 4) is 11.8 Å². The standard InChI is InChI=1S/C22H21NO2.ClH/c1-23(2)15-9-8-14-22(16-17-10-4-3-5-11-17)20(24)18-12-6-7-13-19(18)21(22)25;/h3-7,10-13H,9,15-16H2,1-2H3;1H. The van der Waals surface area contributed by atoms with E-state index < -0.39 is 5.41 Å². The Balaban J connectivity index is 0.00000243. The van der Waals surface area contributed by atoms with E-state index in [0.717, 1.165) is 12.1 Å². The molecule has 26 heavy (non-hydrogen) atoms. The number of ketones is 2. The first-order valence-corrected chi connectivity index (χ1v) is 8.42. The number of carbonyl (C=O) groups excluding carboxylic acids is 2. The summed E-state index contributed by atoms with van der Waals surface area (Å²) >= 11 is 0. The lowest BCUT2D eigenvalue weighted by atomic mass is 9.77. The van der Waals surface area contributed by atoms with Crippen molar-refractivity contribution in [1.82, 2.24) is 4.90 Å². The zero-order valence-electron chi connectivity index (χ0n) is 15.0. The van der Waals surface area contributed by atoms with E-state index in [9.17, 15) is 9.59 Å². The van der Waals surface area contributed by atoms with Crippen LogP contribution in [0.3, 0.4) is 0 Å². The zero-order chi connectivity index (χ0) is 17.9. The normalized spacial score (nSPS) is 14.4. The monoisotopic (exact) mass is 367 g/mol. The molecule has 0 aliphatic heterocycles. The highest BCUT2D eigenvalue weighted by atomic mass is 35.5. The topological polar surface area (TPSA) is 37.4 Å². The highest BCUT2D eigenvalue weighted by Crippen LogP contribution is 2.39. The van der Waals surface area contributed by atoms with E-state index in [0.29, 0.717) is 24.0 Å². The van der Waals surface area contributed by atoms with Crippen LogP contribution in [0.4, 0.5) is 0 Å². The molecule has 0 saturated carbocycles. The van der Waals surface area contributed by atoms with Crippen molar-refractivity contribution in [2.24, 2.45) is 5.41 Å². The Kier molecular flexibility index (Phi) is 6.37. The molecule has 0 aromatic heterocycles. The Labute approximate surface area is 160 Å². The molecule has 3 nitrogen and oxygen atoms in total. The smallest absolute Gasteiger partial charge is 0.189 e. The predicted octanol–water partition coefficient (Wildman–Crippen LogP) is 3.67. The molecule has 0 N–H and O–H groups in total. The van der Waals surface area contributed by atoms with Crippen LogP contribution in [0.5, 0.6) is 0 Å². The summed E-state index contributed by atoms with van der Waals surface area (Å²) in [4.78, 5) is 28.3. The van der Waals surface area contributed by atoms with Crippen molar-refractivity contribution in [2.45, 2.75) is 12.8 Å². The van der Waals surface area contributed by atoms with Crippen molar-refractivity contribution in [2.75, 3.05) is 20.6 Å². The third-order valence-corrected chi connectivity index (χ3v) is 4.49. The lowest BCUT2D eigenvalue weighted by Crippen LogP contribution is -2.34. The van der Waals surface area contributed by atoms with Gasteiger partial charge in [-0.3, -0.25) is 9.59 Å². The summed E-state index contributed by atoms with van der Waals surface area (Å²) in [5.74, 6) is 5.81. The highest BCUT2D eigenvalue weighted by molar-refractivity contribution is 6.31. The third-order valence-electron chi connectivity index (χ3n) is 4.49. The number of fused-ring (bicyclic) bond motifs is 1. The van der Waals surface area contributed by atoms with E-state index in [1.54, 1.807) is 24.3 Å². The summed E-state index contributed by atoms with van der Waals surface area (Å²) < 4.78 is 0. The Bertz CT molecular complexity index is 827. The maximum Gasteiger partial charge on any atom is 0.189 e. The van der Waals surface area contributed by atoms with Crippen LogP contribution in [0.15, 0.2) is 54.6 Å². The van der Waals surface area contributed by atoms with Crippen LogP contribution in [-0.4, -0.2) is 37.1 Å². The van der Waals surface area contributed by atoms with Crippen molar-refractivity contribution in [3.05, 3.63) is 71.3 Å². The lowest BCUT2D eigenvalue weighted by molar-refractivity contribution is 0.0770. The van der Waals surface area contributed by atoms with Gasteiger partial charge in [-0.2, -0.15) is 0 Å². The first kappa shape index (κ1) is 19.9. The van der Waals surface area contributed by atoms with Crippen molar-refractivity contribution < 1.29 is 9.59 Å². The van der Waals surface area contributed by atoms with Gasteiger partial charge >= 0.3 is 0 Å². The number of nitrogens with zero attached hydrogens (tertiary/aromatic N) is 1. The van der Waals surface area contributed by atoms with E-state index in [2.05, 4.69) is 11.8 Å². The van der Waals surface area contributed by atoms with Gasteiger partial charge in [-0.1, -0.05) is 60.5 Å². The van der Waals surface area contributed by atoms with Crippen LogP contribution < -0.4 is 0 Å². The van der Waals surface area contributed by atoms with Crippen LogP contribution in [0.2, 0.25) is 0 Å². The number of Topliss-reactive ketones (excluding diaryl/α,β-unsaturated/α-hetero) is 2. The van der Waals surface area contributed by atoms with Crippen molar-refractivity contribution in [1.29, 1.82) is 0 Å². The molecule has 0 atom stereocenters. The Morgan fingerprint density at radius 2 is 1.42 bits per heavy atom. The fourth-order valence-corrected chi connectivity index (χ4v) is 3.16. The van der Waals surface area contributed by atoms with Gasteiger partial charge in [-0.25, -0.2) is 0 Å². The van der Waals surface area contributed by atoms with E-state index >= 15 is 0 Å². The van der Waals surface area contributed by atoms with E-state index in [1.807, 2.05) is 49.3 Å². The lowest BCUT2D eigenvalue weighted by Gasteiger charge is -2.19. The fraction of sp³-hybridized carbons (Fsp3) is 0.273. The molecule has 1 aliphatic rings. The molecule has 0 spiro atoms. The molecule has 0 unspecified atom stereocenters.